The fraction of sp³-hybridized carbons (Fsp3) is 0.442. The van der Waals surface area contributed by atoms with Crippen LogP contribution in [0, 0.1) is 0 Å². The first kappa shape index (κ1) is 35.2. The molecule has 4 aromatic carbocycles. The average molecular weight is 663 g/mol. The molecular formula is C43H54N2O4. The summed E-state index contributed by atoms with van der Waals surface area (Å²) in [6.45, 7) is 7.13. The van der Waals surface area contributed by atoms with Crippen molar-refractivity contribution in [2.75, 3.05) is 46.1 Å². The predicted octanol–water partition coefficient (Wildman–Crippen LogP) is 8.11. The van der Waals surface area contributed by atoms with E-state index in [-0.39, 0.29) is 6.79 Å². The van der Waals surface area contributed by atoms with Gasteiger partial charge < -0.3 is 29.5 Å². The van der Waals surface area contributed by atoms with Crippen LogP contribution < -0.4 is 9.47 Å². The molecule has 49 heavy (non-hydrogen) atoms. The van der Waals surface area contributed by atoms with Crippen molar-refractivity contribution in [3.8, 4) is 11.5 Å². The topological polar surface area (TPSA) is 65.4 Å². The SMILES string of the molecule is OC(CCCN1CCCCC1)(c1ccccc1)c1cccc2c1OCO2.OC(CCCN1CCCCC1)(c1ccccc1)c1ccccc1. The molecule has 0 bridgehead atoms. The summed E-state index contributed by atoms with van der Waals surface area (Å²) in [5, 5.41) is 23.3. The summed E-state index contributed by atoms with van der Waals surface area (Å²) in [7, 11) is 0. The van der Waals surface area contributed by atoms with Crippen molar-refractivity contribution < 1.29 is 19.7 Å². The van der Waals surface area contributed by atoms with E-state index in [4.69, 9.17) is 9.47 Å². The van der Waals surface area contributed by atoms with Crippen LogP contribution >= 0.6 is 0 Å². The lowest BCUT2D eigenvalue weighted by Crippen LogP contribution is -2.33. The van der Waals surface area contributed by atoms with Crippen LogP contribution in [-0.2, 0) is 11.2 Å². The number of para-hydroxylation sites is 1. The van der Waals surface area contributed by atoms with Gasteiger partial charge in [-0.1, -0.05) is 116 Å². The maximum absolute atomic E-state index is 11.8. The van der Waals surface area contributed by atoms with Crippen LogP contribution in [0.15, 0.2) is 109 Å². The third-order valence-electron chi connectivity index (χ3n) is 10.5. The third-order valence-corrected chi connectivity index (χ3v) is 10.5. The summed E-state index contributed by atoms with van der Waals surface area (Å²) in [6.07, 6.45) is 11.3. The van der Waals surface area contributed by atoms with Crippen molar-refractivity contribution in [1.82, 2.24) is 9.80 Å². The zero-order chi connectivity index (χ0) is 33.8. The summed E-state index contributed by atoms with van der Waals surface area (Å²) in [5.41, 5.74) is 1.73. The number of benzene rings is 4. The molecule has 0 aromatic heterocycles. The van der Waals surface area contributed by atoms with Crippen molar-refractivity contribution >= 4 is 0 Å². The van der Waals surface area contributed by atoms with Crippen LogP contribution in [0.1, 0.15) is 86.5 Å². The molecular weight excluding hydrogens is 608 g/mol. The minimum absolute atomic E-state index is 0.213. The molecule has 6 nitrogen and oxygen atoms in total. The zero-order valence-corrected chi connectivity index (χ0v) is 29.0. The highest BCUT2D eigenvalue weighted by Crippen LogP contribution is 2.45. The minimum atomic E-state index is -1.07. The zero-order valence-electron chi connectivity index (χ0n) is 29.0. The third kappa shape index (κ3) is 8.92. The number of rotatable bonds is 12. The van der Waals surface area contributed by atoms with E-state index in [0.29, 0.717) is 17.9 Å². The van der Waals surface area contributed by atoms with E-state index in [2.05, 4.69) is 9.80 Å². The van der Waals surface area contributed by atoms with Crippen LogP contribution in [-0.4, -0.2) is 66.1 Å². The van der Waals surface area contributed by atoms with E-state index in [1.165, 1.54) is 64.7 Å². The Bertz CT molecular complexity index is 1500. The lowest BCUT2D eigenvalue weighted by Gasteiger charge is -2.32. The molecule has 0 amide bonds. The molecule has 7 rings (SSSR count). The van der Waals surface area contributed by atoms with E-state index < -0.39 is 11.2 Å². The summed E-state index contributed by atoms with van der Waals surface area (Å²) < 4.78 is 11.2. The first-order chi connectivity index (χ1) is 24.1. The Labute approximate surface area is 293 Å². The number of hydrogen-bond acceptors (Lipinski definition) is 6. The van der Waals surface area contributed by atoms with Crippen molar-refractivity contribution in [3.63, 3.8) is 0 Å². The molecule has 0 aliphatic carbocycles. The fourth-order valence-corrected chi connectivity index (χ4v) is 7.77. The number of nitrogens with zero attached hydrogens (tertiary/aromatic N) is 2. The summed E-state index contributed by atoms with van der Waals surface area (Å²) in [6, 6.07) is 35.9. The van der Waals surface area contributed by atoms with Gasteiger partial charge in [0.15, 0.2) is 11.5 Å². The molecule has 2 saturated heterocycles. The van der Waals surface area contributed by atoms with Crippen LogP contribution in [0.2, 0.25) is 0 Å². The highest BCUT2D eigenvalue weighted by Gasteiger charge is 2.37. The molecule has 260 valence electrons. The standard InChI is InChI=1S/C22H27NO3.C21H27NO/c24-22(18-9-3-1-4-10-18,13-8-16-23-14-5-2-6-15-23)19-11-7-12-20-21(19)26-17-25-20;23-21(19-11-4-1-5-12-19,20-13-6-2-7-14-20)15-10-18-22-16-8-3-9-17-22/h1,3-4,7,9-12,24H,2,5-6,8,13-17H2;1-2,4-7,11-14,23H,3,8-10,15-18H2. The van der Waals surface area contributed by atoms with E-state index >= 15 is 0 Å². The van der Waals surface area contributed by atoms with Crippen molar-refractivity contribution in [1.29, 1.82) is 0 Å². The van der Waals surface area contributed by atoms with Gasteiger partial charge in [-0.25, -0.2) is 0 Å². The molecule has 6 heteroatoms. The molecule has 0 saturated carbocycles. The van der Waals surface area contributed by atoms with Gasteiger partial charge in [-0.05, 0) is 113 Å². The first-order valence-corrected chi connectivity index (χ1v) is 18.5. The first-order valence-electron chi connectivity index (χ1n) is 18.5. The van der Waals surface area contributed by atoms with Crippen LogP contribution in [0.3, 0.4) is 0 Å². The van der Waals surface area contributed by atoms with E-state index in [0.717, 1.165) is 54.6 Å². The number of ether oxygens (including phenoxy) is 2. The lowest BCUT2D eigenvalue weighted by molar-refractivity contribution is 0.0603. The maximum atomic E-state index is 11.8. The van der Waals surface area contributed by atoms with Gasteiger partial charge in [-0.2, -0.15) is 0 Å². The molecule has 1 atom stereocenters. The average Bonchev–Trinajstić information content (AvgIpc) is 3.66. The van der Waals surface area contributed by atoms with Gasteiger partial charge in [0.05, 0.1) is 0 Å². The Morgan fingerprint density at radius 1 is 0.490 bits per heavy atom. The smallest absolute Gasteiger partial charge is 0.231 e. The molecule has 2 fully saturated rings. The van der Waals surface area contributed by atoms with Crippen molar-refractivity contribution in [2.24, 2.45) is 0 Å². The Balaban J connectivity index is 0.000000171. The molecule has 3 aliphatic heterocycles. The summed E-state index contributed by atoms with van der Waals surface area (Å²) >= 11 is 0. The van der Waals surface area contributed by atoms with Gasteiger partial charge in [0.1, 0.15) is 11.2 Å². The number of aliphatic hydroxyl groups is 2. The lowest BCUT2D eigenvalue weighted by atomic mass is 9.82. The largest absolute Gasteiger partial charge is 0.454 e. The van der Waals surface area contributed by atoms with Gasteiger partial charge in [0.2, 0.25) is 6.79 Å². The molecule has 3 heterocycles. The van der Waals surface area contributed by atoms with Gasteiger partial charge in [-0.15, -0.1) is 0 Å². The normalized spacial score (nSPS) is 17.9. The van der Waals surface area contributed by atoms with Crippen LogP contribution in [0.25, 0.3) is 0 Å². The van der Waals surface area contributed by atoms with Gasteiger partial charge in [-0.3, -0.25) is 0 Å². The summed E-state index contributed by atoms with van der Waals surface area (Å²) in [5.74, 6) is 1.39. The van der Waals surface area contributed by atoms with Gasteiger partial charge in [0, 0.05) is 5.56 Å². The molecule has 0 spiro atoms. The number of hydrogen-bond donors (Lipinski definition) is 2. The monoisotopic (exact) mass is 662 g/mol. The van der Waals surface area contributed by atoms with Crippen molar-refractivity contribution in [2.45, 2.75) is 75.4 Å². The molecule has 1 unspecified atom stereocenters. The second-order valence-electron chi connectivity index (χ2n) is 13.9. The Morgan fingerprint density at radius 2 is 0.939 bits per heavy atom. The second-order valence-corrected chi connectivity index (χ2v) is 13.9. The van der Waals surface area contributed by atoms with Crippen LogP contribution in [0.5, 0.6) is 11.5 Å². The number of piperidine rings is 2. The van der Waals surface area contributed by atoms with Crippen molar-refractivity contribution in [3.05, 3.63) is 131 Å². The van der Waals surface area contributed by atoms with E-state index in [1.54, 1.807) is 0 Å². The Hall–Kier alpha value is -3.68. The highest BCUT2D eigenvalue weighted by atomic mass is 16.7. The minimum Gasteiger partial charge on any atom is -0.454 e. The fourth-order valence-electron chi connectivity index (χ4n) is 7.77. The second kappa shape index (κ2) is 17.3. The quantitative estimate of drug-likeness (QED) is 0.160. The molecule has 0 radical (unpaired) electrons. The predicted molar refractivity (Wildman–Crippen MR) is 197 cm³/mol. The maximum Gasteiger partial charge on any atom is 0.231 e. The molecule has 2 N–H and O–H groups in total. The molecule has 4 aromatic rings. The highest BCUT2D eigenvalue weighted by molar-refractivity contribution is 5.53. The Kier molecular flexibility index (Phi) is 12.4. The number of fused-ring (bicyclic) bond motifs is 1. The van der Waals surface area contributed by atoms with E-state index in [1.807, 2.05) is 109 Å². The van der Waals surface area contributed by atoms with E-state index in [9.17, 15) is 10.2 Å². The molecule has 3 aliphatic rings. The van der Waals surface area contributed by atoms with Gasteiger partial charge in [0.25, 0.3) is 0 Å². The Morgan fingerprint density at radius 3 is 1.43 bits per heavy atom. The number of likely N-dealkylation sites (tertiary alicyclic amines) is 2. The van der Waals surface area contributed by atoms with Gasteiger partial charge >= 0.3 is 0 Å². The van der Waals surface area contributed by atoms with Crippen LogP contribution in [0.4, 0.5) is 0 Å². The summed E-state index contributed by atoms with van der Waals surface area (Å²) in [4.78, 5) is 5.06.